The average molecular weight is 399 g/mol. The first-order valence-corrected chi connectivity index (χ1v) is 9.42. The van der Waals surface area contributed by atoms with E-state index < -0.39 is 0 Å². The maximum absolute atomic E-state index is 6.49. The zero-order valence-corrected chi connectivity index (χ0v) is 16.1. The molecule has 11 heteroatoms. The molecule has 0 amide bonds. The van der Waals surface area contributed by atoms with Crippen molar-refractivity contribution in [2.75, 3.05) is 0 Å². The molecule has 0 unspecified atom stereocenters. The topological polar surface area (TPSA) is 127 Å². The molecule has 0 fully saturated rings. The highest BCUT2D eigenvalue weighted by Crippen LogP contribution is 2.26. The summed E-state index contributed by atoms with van der Waals surface area (Å²) in [6.07, 6.45) is 3.39. The van der Waals surface area contributed by atoms with Crippen molar-refractivity contribution >= 4 is 11.6 Å². The number of hydrogen-bond acceptors (Lipinski definition) is 7. The molecular formula is C17H19ClN10. The molecule has 10 nitrogen and oxygen atoms in total. The fraction of sp³-hybridized carbons (Fsp3) is 0.353. The predicted molar refractivity (Wildman–Crippen MR) is 102 cm³/mol. The van der Waals surface area contributed by atoms with Crippen molar-refractivity contribution in [3.05, 3.63) is 52.3 Å². The summed E-state index contributed by atoms with van der Waals surface area (Å²) in [5.74, 6) is 2.06. The van der Waals surface area contributed by atoms with Gasteiger partial charge < -0.3 is 4.57 Å². The number of halogens is 1. The number of imidazole rings is 1. The number of H-pyrrole nitrogens is 2. The summed E-state index contributed by atoms with van der Waals surface area (Å²) < 4.78 is 2.13. The first-order valence-electron chi connectivity index (χ1n) is 9.04. The zero-order valence-electron chi connectivity index (χ0n) is 15.3. The van der Waals surface area contributed by atoms with E-state index in [1.807, 2.05) is 24.3 Å². The van der Waals surface area contributed by atoms with Crippen LogP contribution in [0.15, 0.2) is 24.3 Å². The summed E-state index contributed by atoms with van der Waals surface area (Å²) in [5.41, 5.74) is 2.81. The van der Waals surface area contributed by atoms with Crippen LogP contribution >= 0.6 is 11.6 Å². The van der Waals surface area contributed by atoms with Gasteiger partial charge in [0.25, 0.3) is 0 Å². The second kappa shape index (κ2) is 8.26. The van der Waals surface area contributed by atoms with E-state index >= 15 is 0 Å². The number of rotatable bonds is 8. The van der Waals surface area contributed by atoms with Crippen LogP contribution in [-0.2, 0) is 19.4 Å². The standard InChI is InChI=1S/C17H19ClN10/c1-2-3-8-15-19-16(18)13(9-14-20-24-25-21-14)28(15)10-11-6-4-5-7-12(11)17-22-26-27-23-17/h4-7H,2-3,8-10H2,1H3,(H,20,21,24,25)(H,22,23,26,27). The number of unbranched alkanes of at least 4 members (excludes halogenated alkanes) is 1. The third kappa shape index (κ3) is 3.77. The predicted octanol–water partition coefficient (Wildman–Crippen LogP) is 2.21. The summed E-state index contributed by atoms with van der Waals surface area (Å²) in [7, 11) is 0. The number of aromatic nitrogens is 10. The van der Waals surface area contributed by atoms with Crippen molar-refractivity contribution < 1.29 is 0 Å². The van der Waals surface area contributed by atoms with E-state index in [1.54, 1.807) is 0 Å². The second-order valence-corrected chi connectivity index (χ2v) is 6.71. The van der Waals surface area contributed by atoms with Crippen LogP contribution in [-0.4, -0.2) is 50.8 Å². The Bertz CT molecular complexity index is 1020. The lowest BCUT2D eigenvalue weighted by Crippen LogP contribution is -2.11. The van der Waals surface area contributed by atoms with Crippen LogP contribution in [0, 0.1) is 0 Å². The van der Waals surface area contributed by atoms with Crippen LogP contribution in [0.3, 0.4) is 0 Å². The van der Waals surface area contributed by atoms with E-state index in [1.165, 1.54) is 0 Å². The van der Waals surface area contributed by atoms with E-state index in [9.17, 15) is 0 Å². The molecule has 3 heterocycles. The molecule has 28 heavy (non-hydrogen) atoms. The van der Waals surface area contributed by atoms with Crippen molar-refractivity contribution in [3.63, 3.8) is 0 Å². The van der Waals surface area contributed by atoms with Crippen molar-refractivity contribution in [1.82, 2.24) is 50.8 Å². The van der Waals surface area contributed by atoms with Crippen LogP contribution in [0.4, 0.5) is 0 Å². The number of nitrogens with zero attached hydrogens (tertiary/aromatic N) is 8. The monoisotopic (exact) mass is 398 g/mol. The SMILES string of the molecule is CCCCc1nc(Cl)c(Cc2nn[nH]n2)n1Cc1ccccc1-c1nn[nH]n1. The quantitative estimate of drug-likeness (QED) is 0.465. The Balaban J connectivity index is 1.74. The van der Waals surface area contributed by atoms with Crippen LogP contribution < -0.4 is 0 Å². The number of hydrogen-bond donors (Lipinski definition) is 2. The molecule has 0 aliphatic carbocycles. The van der Waals surface area contributed by atoms with E-state index in [0.717, 1.165) is 41.9 Å². The molecule has 0 bridgehead atoms. The van der Waals surface area contributed by atoms with Crippen LogP contribution in [0.2, 0.25) is 5.15 Å². The minimum absolute atomic E-state index is 0.443. The molecule has 0 aliphatic rings. The van der Waals surface area contributed by atoms with Gasteiger partial charge in [0.05, 0.1) is 12.1 Å². The second-order valence-electron chi connectivity index (χ2n) is 6.35. The Labute approximate surface area is 165 Å². The minimum atomic E-state index is 0.443. The molecule has 0 aliphatic heterocycles. The summed E-state index contributed by atoms with van der Waals surface area (Å²) in [6, 6.07) is 7.96. The zero-order chi connectivity index (χ0) is 19.3. The van der Waals surface area contributed by atoms with Gasteiger partial charge >= 0.3 is 0 Å². The van der Waals surface area contributed by atoms with Crippen molar-refractivity contribution in [1.29, 1.82) is 0 Å². The number of aryl methyl sites for hydroxylation is 1. The van der Waals surface area contributed by atoms with Gasteiger partial charge in [0.1, 0.15) is 5.82 Å². The van der Waals surface area contributed by atoms with Crippen LogP contribution in [0.5, 0.6) is 0 Å². The maximum atomic E-state index is 6.49. The molecule has 0 saturated carbocycles. The highest BCUT2D eigenvalue weighted by Gasteiger charge is 2.19. The summed E-state index contributed by atoms with van der Waals surface area (Å²) >= 11 is 6.49. The Kier molecular flexibility index (Phi) is 5.38. The molecule has 2 N–H and O–H groups in total. The molecule has 4 rings (SSSR count). The lowest BCUT2D eigenvalue weighted by Gasteiger charge is -2.13. The smallest absolute Gasteiger partial charge is 0.205 e. The van der Waals surface area contributed by atoms with Gasteiger partial charge in [0, 0.05) is 18.5 Å². The van der Waals surface area contributed by atoms with E-state index in [4.69, 9.17) is 11.6 Å². The minimum Gasteiger partial charge on any atom is -0.326 e. The van der Waals surface area contributed by atoms with Gasteiger partial charge in [-0.15, -0.1) is 20.4 Å². The summed E-state index contributed by atoms with van der Waals surface area (Å²) in [5, 5.41) is 29.1. The van der Waals surface area contributed by atoms with Gasteiger partial charge in [-0.1, -0.05) is 54.4 Å². The first-order chi connectivity index (χ1) is 13.8. The number of tetrazole rings is 2. The van der Waals surface area contributed by atoms with Gasteiger partial charge in [-0.3, -0.25) is 0 Å². The van der Waals surface area contributed by atoms with E-state index in [-0.39, 0.29) is 0 Å². The van der Waals surface area contributed by atoms with Gasteiger partial charge in [-0.05, 0) is 17.2 Å². The fourth-order valence-electron chi connectivity index (χ4n) is 3.12. The molecule has 1 aromatic carbocycles. The van der Waals surface area contributed by atoms with Crippen molar-refractivity contribution in [3.8, 4) is 11.4 Å². The molecular weight excluding hydrogens is 380 g/mol. The maximum Gasteiger partial charge on any atom is 0.205 e. The highest BCUT2D eigenvalue weighted by molar-refractivity contribution is 6.30. The molecule has 4 aromatic rings. The van der Waals surface area contributed by atoms with E-state index in [0.29, 0.717) is 29.8 Å². The number of nitrogens with one attached hydrogen (secondary N) is 2. The molecule has 0 atom stereocenters. The molecule has 0 spiro atoms. The van der Waals surface area contributed by atoms with Crippen molar-refractivity contribution in [2.24, 2.45) is 0 Å². The van der Waals surface area contributed by atoms with Gasteiger partial charge in [-0.2, -0.15) is 10.4 Å². The van der Waals surface area contributed by atoms with Crippen molar-refractivity contribution in [2.45, 2.75) is 39.2 Å². The Hall–Kier alpha value is -3.14. The lowest BCUT2D eigenvalue weighted by atomic mass is 10.1. The Morgan fingerprint density at radius 1 is 1.07 bits per heavy atom. The number of benzene rings is 1. The van der Waals surface area contributed by atoms with Crippen LogP contribution in [0.1, 0.15) is 42.7 Å². The summed E-state index contributed by atoms with van der Waals surface area (Å²) in [6.45, 7) is 2.73. The third-order valence-corrected chi connectivity index (χ3v) is 4.81. The molecule has 0 radical (unpaired) electrons. The first kappa shape index (κ1) is 18.2. The van der Waals surface area contributed by atoms with Crippen LogP contribution in [0.25, 0.3) is 11.4 Å². The fourth-order valence-corrected chi connectivity index (χ4v) is 3.38. The largest absolute Gasteiger partial charge is 0.326 e. The third-order valence-electron chi connectivity index (χ3n) is 4.50. The number of aromatic amines is 2. The Morgan fingerprint density at radius 3 is 2.64 bits per heavy atom. The van der Waals surface area contributed by atoms with Gasteiger partial charge in [0.15, 0.2) is 11.0 Å². The molecule has 144 valence electrons. The normalized spacial score (nSPS) is 11.2. The molecule has 3 aromatic heterocycles. The summed E-state index contributed by atoms with van der Waals surface area (Å²) in [4.78, 5) is 4.61. The van der Waals surface area contributed by atoms with Gasteiger partial charge in [0.2, 0.25) is 5.82 Å². The van der Waals surface area contributed by atoms with E-state index in [2.05, 4.69) is 57.7 Å². The highest BCUT2D eigenvalue weighted by atomic mass is 35.5. The van der Waals surface area contributed by atoms with Gasteiger partial charge in [-0.25, -0.2) is 4.98 Å². The average Bonchev–Trinajstić information content (AvgIpc) is 3.46. The molecule has 0 saturated heterocycles. The lowest BCUT2D eigenvalue weighted by molar-refractivity contribution is 0.658. The Morgan fingerprint density at radius 2 is 1.89 bits per heavy atom.